The van der Waals surface area contributed by atoms with Crippen LogP contribution in [-0.4, -0.2) is 5.54 Å². The number of rotatable bonds is 3. The lowest BCUT2D eigenvalue weighted by molar-refractivity contribution is 0.460. The van der Waals surface area contributed by atoms with Gasteiger partial charge in [-0.3, -0.25) is 0 Å². The maximum atomic E-state index is 13.4. The van der Waals surface area contributed by atoms with Crippen molar-refractivity contribution in [2.45, 2.75) is 32.2 Å². The van der Waals surface area contributed by atoms with E-state index < -0.39 is 17.2 Å². The van der Waals surface area contributed by atoms with Gasteiger partial charge >= 0.3 is 0 Å². The molecular weight excluding hydrogens is 220 g/mol. The van der Waals surface area contributed by atoms with E-state index in [0.717, 1.165) is 0 Å². The van der Waals surface area contributed by atoms with E-state index in [-0.39, 0.29) is 17.0 Å². The molecule has 0 fully saturated rings. The monoisotopic (exact) mass is 233 g/mol. The van der Waals surface area contributed by atoms with Crippen LogP contribution in [0, 0.1) is 11.6 Å². The third kappa shape index (κ3) is 3.43. The predicted molar refractivity (Wildman–Crippen MR) is 58.0 cm³/mol. The molecule has 4 heteroatoms. The van der Waals surface area contributed by atoms with Crippen LogP contribution in [-0.2, 0) is 6.42 Å². The van der Waals surface area contributed by atoms with Gasteiger partial charge in [0.1, 0.15) is 11.6 Å². The van der Waals surface area contributed by atoms with E-state index in [9.17, 15) is 8.78 Å². The van der Waals surface area contributed by atoms with Gasteiger partial charge in [0.2, 0.25) is 0 Å². The Morgan fingerprint density at radius 3 is 2.47 bits per heavy atom. The summed E-state index contributed by atoms with van der Waals surface area (Å²) in [6.45, 7) is 3.63. The highest BCUT2D eigenvalue weighted by atomic mass is 35.5. The summed E-state index contributed by atoms with van der Waals surface area (Å²) in [4.78, 5) is 0. The molecule has 0 aromatic heterocycles. The quantitative estimate of drug-likeness (QED) is 0.797. The Morgan fingerprint density at radius 1 is 1.33 bits per heavy atom. The first-order chi connectivity index (χ1) is 6.81. The fourth-order valence-corrected chi connectivity index (χ4v) is 1.42. The molecule has 0 aliphatic rings. The number of halogens is 3. The van der Waals surface area contributed by atoms with E-state index in [1.165, 1.54) is 12.1 Å². The smallest absolute Gasteiger partial charge is 0.147 e. The first-order valence-corrected chi connectivity index (χ1v) is 5.10. The molecule has 15 heavy (non-hydrogen) atoms. The van der Waals surface area contributed by atoms with Gasteiger partial charge in [-0.25, -0.2) is 8.78 Å². The van der Waals surface area contributed by atoms with Crippen molar-refractivity contribution in [1.82, 2.24) is 0 Å². The number of nitrogens with two attached hydrogens (primary N) is 1. The molecule has 0 saturated carbocycles. The maximum absolute atomic E-state index is 13.4. The van der Waals surface area contributed by atoms with Gasteiger partial charge in [0.05, 0.1) is 5.02 Å². The van der Waals surface area contributed by atoms with Gasteiger partial charge in [-0.05, 0) is 38.8 Å². The van der Waals surface area contributed by atoms with Crippen LogP contribution < -0.4 is 5.73 Å². The number of hydrogen-bond donors (Lipinski definition) is 1. The van der Waals surface area contributed by atoms with Crippen LogP contribution >= 0.6 is 11.6 Å². The molecule has 0 heterocycles. The molecule has 84 valence electrons. The van der Waals surface area contributed by atoms with Crippen LogP contribution in [0.15, 0.2) is 12.1 Å². The topological polar surface area (TPSA) is 26.0 Å². The van der Waals surface area contributed by atoms with Crippen molar-refractivity contribution in [3.8, 4) is 0 Å². The molecule has 0 aliphatic carbocycles. The molecule has 0 saturated heterocycles. The summed E-state index contributed by atoms with van der Waals surface area (Å²) in [5, 5.41) is -0.0544. The Bertz CT molecular complexity index is 358. The molecule has 1 rings (SSSR count). The molecule has 0 atom stereocenters. The average molecular weight is 234 g/mol. The van der Waals surface area contributed by atoms with Gasteiger partial charge in [-0.1, -0.05) is 11.6 Å². The van der Waals surface area contributed by atoms with Crippen molar-refractivity contribution >= 4 is 11.6 Å². The minimum absolute atomic E-state index is 0.0148. The summed E-state index contributed by atoms with van der Waals surface area (Å²) >= 11 is 5.56. The first kappa shape index (κ1) is 12.4. The van der Waals surface area contributed by atoms with Gasteiger partial charge in [0, 0.05) is 11.1 Å². The fraction of sp³-hybridized carbons (Fsp3) is 0.455. The average Bonchev–Trinajstić information content (AvgIpc) is 2.10. The molecule has 1 aromatic carbocycles. The third-order valence-corrected chi connectivity index (χ3v) is 2.45. The van der Waals surface area contributed by atoms with Crippen molar-refractivity contribution in [3.63, 3.8) is 0 Å². The Hall–Kier alpha value is -0.670. The van der Waals surface area contributed by atoms with Gasteiger partial charge in [-0.2, -0.15) is 0 Å². The molecule has 0 amide bonds. The van der Waals surface area contributed by atoms with E-state index in [2.05, 4.69) is 0 Å². The van der Waals surface area contributed by atoms with Crippen molar-refractivity contribution in [3.05, 3.63) is 34.4 Å². The lowest BCUT2D eigenvalue weighted by Gasteiger charge is -2.18. The molecule has 1 aromatic rings. The highest BCUT2D eigenvalue weighted by Crippen LogP contribution is 2.23. The minimum Gasteiger partial charge on any atom is -0.326 e. The second-order valence-corrected chi connectivity index (χ2v) is 4.72. The maximum Gasteiger partial charge on any atom is 0.147 e. The molecule has 0 aliphatic heterocycles. The summed E-state index contributed by atoms with van der Waals surface area (Å²) < 4.78 is 26.7. The van der Waals surface area contributed by atoms with Gasteiger partial charge in [0.15, 0.2) is 0 Å². The second-order valence-electron chi connectivity index (χ2n) is 4.31. The highest BCUT2D eigenvalue weighted by molar-refractivity contribution is 6.30. The zero-order valence-corrected chi connectivity index (χ0v) is 9.54. The van der Waals surface area contributed by atoms with E-state index >= 15 is 0 Å². The Balaban J connectivity index is 2.90. The number of benzene rings is 1. The Morgan fingerprint density at radius 2 is 1.93 bits per heavy atom. The van der Waals surface area contributed by atoms with Crippen LogP contribution in [0.3, 0.4) is 0 Å². The van der Waals surface area contributed by atoms with Gasteiger partial charge in [-0.15, -0.1) is 0 Å². The third-order valence-electron chi connectivity index (χ3n) is 2.16. The van der Waals surface area contributed by atoms with Crippen LogP contribution in [0.5, 0.6) is 0 Å². The normalized spacial score (nSPS) is 11.9. The molecule has 0 spiro atoms. The SMILES string of the molecule is CC(C)(N)CCc1c(F)ccc(Cl)c1F. The first-order valence-electron chi connectivity index (χ1n) is 4.72. The van der Waals surface area contributed by atoms with E-state index in [4.69, 9.17) is 17.3 Å². The predicted octanol–water partition coefficient (Wildman–Crippen LogP) is 3.29. The van der Waals surface area contributed by atoms with Crippen molar-refractivity contribution in [2.75, 3.05) is 0 Å². The molecule has 0 bridgehead atoms. The Labute approximate surface area is 93.2 Å². The van der Waals surface area contributed by atoms with E-state index in [1.54, 1.807) is 0 Å². The van der Waals surface area contributed by atoms with Gasteiger partial charge in [0.25, 0.3) is 0 Å². The van der Waals surface area contributed by atoms with Crippen LogP contribution in [0.2, 0.25) is 5.02 Å². The zero-order chi connectivity index (χ0) is 11.6. The lowest BCUT2D eigenvalue weighted by atomic mass is 9.96. The van der Waals surface area contributed by atoms with Crippen LogP contribution in [0.4, 0.5) is 8.78 Å². The molecule has 2 N–H and O–H groups in total. The fourth-order valence-electron chi connectivity index (χ4n) is 1.25. The molecular formula is C11H14ClF2N. The summed E-state index contributed by atoms with van der Waals surface area (Å²) in [7, 11) is 0. The van der Waals surface area contributed by atoms with Gasteiger partial charge < -0.3 is 5.73 Å². The van der Waals surface area contributed by atoms with E-state index in [0.29, 0.717) is 6.42 Å². The summed E-state index contributed by atoms with van der Waals surface area (Å²) in [6, 6.07) is 2.38. The van der Waals surface area contributed by atoms with Crippen molar-refractivity contribution in [2.24, 2.45) is 5.73 Å². The van der Waals surface area contributed by atoms with Crippen LogP contribution in [0.25, 0.3) is 0 Å². The minimum atomic E-state index is -0.680. The van der Waals surface area contributed by atoms with E-state index in [1.807, 2.05) is 13.8 Å². The summed E-state index contributed by atoms with van der Waals surface area (Å²) in [6.07, 6.45) is 0.753. The summed E-state index contributed by atoms with van der Waals surface area (Å²) in [5.74, 6) is -1.25. The molecule has 0 unspecified atom stereocenters. The highest BCUT2D eigenvalue weighted by Gasteiger charge is 2.16. The largest absolute Gasteiger partial charge is 0.326 e. The molecule has 1 nitrogen and oxygen atoms in total. The molecule has 0 radical (unpaired) electrons. The summed E-state index contributed by atoms with van der Waals surface area (Å²) in [5.41, 5.74) is 5.32. The lowest BCUT2D eigenvalue weighted by Crippen LogP contribution is -2.32. The van der Waals surface area contributed by atoms with Crippen molar-refractivity contribution in [1.29, 1.82) is 0 Å². The Kier molecular flexibility index (Phi) is 3.68. The van der Waals surface area contributed by atoms with Crippen molar-refractivity contribution < 1.29 is 8.78 Å². The number of hydrogen-bond acceptors (Lipinski definition) is 1. The zero-order valence-electron chi connectivity index (χ0n) is 8.78. The second kappa shape index (κ2) is 4.45. The van der Waals surface area contributed by atoms with Crippen LogP contribution in [0.1, 0.15) is 25.8 Å². The standard InChI is InChI=1S/C11H14ClF2N/c1-11(2,15)6-5-7-9(13)4-3-8(12)10(7)14/h3-4H,5-6,15H2,1-2H3.